The van der Waals surface area contributed by atoms with Crippen LogP contribution >= 0.6 is 0 Å². The number of nitrogens with zero attached hydrogens (tertiary/aromatic N) is 6. The van der Waals surface area contributed by atoms with Crippen LogP contribution in [0.4, 0.5) is 11.4 Å². The highest BCUT2D eigenvalue weighted by atomic mass is 16.6. The van der Waals surface area contributed by atoms with Crippen molar-refractivity contribution >= 4 is 23.2 Å². The minimum atomic E-state index is -1.02. The summed E-state index contributed by atoms with van der Waals surface area (Å²) < 4.78 is 0. The Hall–Kier alpha value is -6.40. The number of carbonyl (C=O) groups is 2. The van der Waals surface area contributed by atoms with Crippen LogP contribution in [0.3, 0.4) is 0 Å². The highest BCUT2D eigenvalue weighted by Crippen LogP contribution is 2.27. The molecule has 0 saturated carbocycles. The number of amides is 2. The summed E-state index contributed by atoms with van der Waals surface area (Å²) in [7, 11) is 0. The third-order valence-corrected chi connectivity index (χ3v) is 7.07. The zero-order valence-corrected chi connectivity index (χ0v) is 23.8. The van der Waals surface area contributed by atoms with E-state index in [9.17, 15) is 40.3 Å². The SMILES string of the molecule is N#CC(c1ccccc1)N(CCCN(C(=O)c1ccc([N+](=O)[O-])cc1)C(C#N)c1ccccc1)C(=O)c1ccc([N+](=O)[O-])cc1. The van der Waals surface area contributed by atoms with Crippen LogP contribution < -0.4 is 0 Å². The summed E-state index contributed by atoms with van der Waals surface area (Å²) in [5.74, 6) is -1.10. The van der Waals surface area contributed by atoms with Gasteiger partial charge in [0.15, 0.2) is 0 Å². The molecule has 0 N–H and O–H groups in total. The average Bonchev–Trinajstić information content (AvgIpc) is 3.07. The third-order valence-electron chi connectivity index (χ3n) is 7.07. The van der Waals surface area contributed by atoms with Gasteiger partial charge in [0.2, 0.25) is 0 Å². The average molecular weight is 603 g/mol. The van der Waals surface area contributed by atoms with Crippen LogP contribution in [-0.4, -0.2) is 44.6 Å². The second-order valence-corrected chi connectivity index (χ2v) is 9.84. The minimum Gasteiger partial charge on any atom is -0.318 e. The zero-order chi connectivity index (χ0) is 32.3. The quantitative estimate of drug-likeness (QED) is 0.140. The summed E-state index contributed by atoms with van der Waals surface area (Å²) in [6, 6.07) is 29.7. The maximum absolute atomic E-state index is 13.7. The Kier molecular flexibility index (Phi) is 10.3. The number of non-ortho nitro benzene ring substituents is 2. The van der Waals surface area contributed by atoms with Gasteiger partial charge in [0.05, 0.1) is 22.0 Å². The molecule has 2 unspecified atom stereocenters. The molecule has 4 aromatic carbocycles. The van der Waals surface area contributed by atoms with Crippen LogP contribution in [-0.2, 0) is 0 Å². The number of carbonyl (C=O) groups excluding carboxylic acids is 2. The molecule has 12 nitrogen and oxygen atoms in total. The van der Waals surface area contributed by atoms with Gasteiger partial charge in [0, 0.05) is 48.5 Å². The molecule has 4 aromatic rings. The van der Waals surface area contributed by atoms with Gasteiger partial charge in [-0.3, -0.25) is 29.8 Å². The van der Waals surface area contributed by atoms with E-state index < -0.39 is 33.7 Å². The van der Waals surface area contributed by atoms with Crippen LogP contribution in [0.2, 0.25) is 0 Å². The Labute approximate surface area is 258 Å². The van der Waals surface area contributed by atoms with E-state index in [1.807, 2.05) is 0 Å². The van der Waals surface area contributed by atoms with Crippen molar-refractivity contribution in [1.82, 2.24) is 9.80 Å². The molecular formula is C33H26N6O6. The lowest BCUT2D eigenvalue weighted by Gasteiger charge is -2.31. The molecule has 0 spiro atoms. The van der Waals surface area contributed by atoms with Gasteiger partial charge >= 0.3 is 0 Å². The summed E-state index contributed by atoms with van der Waals surface area (Å²) in [6.45, 7) is -0.0279. The summed E-state index contributed by atoms with van der Waals surface area (Å²) in [5, 5.41) is 42.6. The van der Waals surface area contributed by atoms with Crippen molar-refractivity contribution in [3.05, 3.63) is 152 Å². The van der Waals surface area contributed by atoms with E-state index in [2.05, 4.69) is 12.1 Å². The van der Waals surface area contributed by atoms with E-state index in [0.717, 1.165) is 0 Å². The number of nitriles is 2. The van der Waals surface area contributed by atoms with Crippen LogP contribution in [0, 0.1) is 42.9 Å². The first-order chi connectivity index (χ1) is 21.7. The lowest BCUT2D eigenvalue weighted by atomic mass is 10.0. The van der Waals surface area contributed by atoms with Gasteiger partial charge in [-0.1, -0.05) is 60.7 Å². The predicted molar refractivity (Wildman–Crippen MR) is 162 cm³/mol. The maximum Gasteiger partial charge on any atom is 0.269 e. The molecule has 0 aliphatic carbocycles. The summed E-state index contributed by atoms with van der Waals surface area (Å²) in [6.07, 6.45) is 0.146. The molecule has 4 rings (SSSR count). The first-order valence-corrected chi connectivity index (χ1v) is 13.7. The highest BCUT2D eigenvalue weighted by Gasteiger charge is 2.29. The Balaban J connectivity index is 1.66. The van der Waals surface area contributed by atoms with E-state index in [4.69, 9.17) is 0 Å². The first-order valence-electron chi connectivity index (χ1n) is 13.7. The van der Waals surface area contributed by atoms with Gasteiger partial charge in [-0.15, -0.1) is 0 Å². The van der Waals surface area contributed by atoms with Gasteiger partial charge < -0.3 is 9.80 Å². The van der Waals surface area contributed by atoms with Crippen molar-refractivity contribution in [2.45, 2.75) is 18.5 Å². The molecule has 0 heterocycles. The molecule has 2 atom stereocenters. The van der Waals surface area contributed by atoms with Crippen LogP contribution in [0.25, 0.3) is 0 Å². The number of hydrogen-bond donors (Lipinski definition) is 0. The number of rotatable bonds is 12. The van der Waals surface area contributed by atoms with Crippen LogP contribution in [0.5, 0.6) is 0 Å². The Bertz CT molecular complexity index is 1620. The smallest absolute Gasteiger partial charge is 0.269 e. The number of hydrogen-bond acceptors (Lipinski definition) is 8. The molecule has 0 radical (unpaired) electrons. The molecule has 45 heavy (non-hydrogen) atoms. The van der Waals surface area contributed by atoms with E-state index in [1.54, 1.807) is 60.7 Å². The summed E-state index contributed by atoms with van der Waals surface area (Å²) >= 11 is 0. The first kappa shape index (κ1) is 31.5. The molecule has 0 aliphatic heterocycles. The normalized spacial score (nSPS) is 11.7. The summed E-state index contributed by atoms with van der Waals surface area (Å²) in [5.41, 5.74) is 0.981. The van der Waals surface area contributed by atoms with E-state index >= 15 is 0 Å². The molecule has 0 bridgehead atoms. The maximum atomic E-state index is 13.7. The predicted octanol–water partition coefficient (Wildman–Crippen LogP) is 6.01. The van der Waals surface area contributed by atoms with E-state index in [1.165, 1.54) is 58.3 Å². The molecule has 0 saturated heterocycles. The topological polar surface area (TPSA) is 174 Å². The minimum absolute atomic E-state index is 0.0140. The van der Waals surface area contributed by atoms with Gasteiger partial charge in [-0.2, -0.15) is 10.5 Å². The third kappa shape index (κ3) is 7.52. The van der Waals surface area contributed by atoms with Crippen LogP contribution in [0.15, 0.2) is 109 Å². The number of nitro groups is 2. The monoisotopic (exact) mass is 602 g/mol. The lowest BCUT2D eigenvalue weighted by molar-refractivity contribution is -0.385. The van der Waals surface area contributed by atoms with Crippen molar-refractivity contribution in [3.63, 3.8) is 0 Å². The van der Waals surface area contributed by atoms with Crippen molar-refractivity contribution < 1.29 is 19.4 Å². The Morgan fingerprint density at radius 1 is 0.600 bits per heavy atom. The summed E-state index contributed by atoms with van der Waals surface area (Å²) in [4.78, 5) is 51.2. The van der Waals surface area contributed by atoms with Gasteiger partial charge in [-0.25, -0.2) is 0 Å². The molecule has 2 amide bonds. The largest absolute Gasteiger partial charge is 0.318 e. The molecule has 0 aromatic heterocycles. The van der Waals surface area contributed by atoms with Crippen molar-refractivity contribution in [1.29, 1.82) is 10.5 Å². The van der Waals surface area contributed by atoms with Gasteiger partial charge in [-0.05, 0) is 41.8 Å². The van der Waals surface area contributed by atoms with Gasteiger partial charge in [0.25, 0.3) is 23.2 Å². The zero-order valence-electron chi connectivity index (χ0n) is 23.8. The Morgan fingerprint density at radius 2 is 0.933 bits per heavy atom. The molecular weight excluding hydrogens is 576 g/mol. The van der Waals surface area contributed by atoms with Crippen molar-refractivity contribution in [3.8, 4) is 12.1 Å². The fourth-order valence-electron chi connectivity index (χ4n) is 4.81. The highest BCUT2D eigenvalue weighted by molar-refractivity contribution is 5.95. The van der Waals surface area contributed by atoms with Crippen molar-refractivity contribution in [2.24, 2.45) is 0 Å². The van der Waals surface area contributed by atoms with Gasteiger partial charge in [0.1, 0.15) is 12.1 Å². The number of nitro benzene ring substituents is 2. The molecule has 12 heteroatoms. The standard InChI is InChI=1S/C33H26N6O6/c34-22-30(24-8-3-1-4-9-24)36(32(40)26-12-16-28(17-13-26)38(42)43)20-7-21-37(31(23-35)25-10-5-2-6-11-25)33(41)27-14-18-29(19-15-27)39(44)45/h1-6,8-19,30-31H,7,20-21H2. The number of benzene rings is 4. The van der Waals surface area contributed by atoms with E-state index in [-0.39, 0.29) is 42.0 Å². The fourth-order valence-corrected chi connectivity index (χ4v) is 4.81. The van der Waals surface area contributed by atoms with E-state index in [0.29, 0.717) is 11.1 Å². The Morgan fingerprint density at radius 3 is 1.22 bits per heavy atom. The molecule has 0 fully saturated rings. The van der Waals surface area contributed by atoms with Crippen LogP contribution in [0.1, 0.15) is 50.3 Å². The van der Waals surface area contributed by atoms with Crippen molar-refractivity contribution in [2.75, 3.05) is 13.1 Å². The molecule has 0 aliphatic rings. The fraction of sp³-hybridized carbons (Fsp3) is 0.152. The lowest BCUT2D eigenvalue weighted by Crippen LogP contribution is -2.39. The molecule has 224 valence electrons. The second-order valence-electron chi connectivity index (χ2n) is 9.84. The second kappa shape index (κ2) is 14.7.